The Morgan fingerprint density at radius 2 is 1.86 bits per heavy atom. The molecule has 1 heterocycles. The molecule has 21 heavy (non-hydrogen) atoms. The second-order valence-electron chi connectivity index (χ2n) is 4.28. The Kier molecular flexibility index (Phi) is 4.88. The first-order chi connectivity index (χ1) is 9.99. The Hall–Kier alpha value is -1.98. The molecule has 5 nitrogen and oxygen atoms in total. The maximum Gasteiger partial charge on any atom is 0.305 e. The monoisotopic (exact) mass is 326 g/mol. The number of anilines is 1. The molecule has 0 aliphatic heterocycles. The molecule has 7 heteroatoms. The van der Waals surface area contributed by atoms with Crippen molar-refractivity contribution in [2.24, 2.45) is 0 Å². The fourth-order valence-electron chi connectivity index (χ4n) is 1.83. The van der Waals surface area contributed by atoms with Gasteiger partial charge in [0, 0.05) is 12.2 Å². The Labute approximate surface area is 131 Å². The summed E-state index contributed by atoms with van der Waals surface area (Å²) < 4.78 is 0. The van der Waals surface area contributed by atoms with Crippen molar-refractivity contribution in [2.45, 2.75) is 6.42 Å². The number of aliphatic carboxylic acids is 1. The van der Waals surface area contributed by atoms with Crippen LogP contribution in [0.25, 0.3) is 0 Å². The Morgan fingerprint density at radius 3 is 2.38 bits per heavy atom. The molecule has 2 aromatic rings. The van der Waals surface area contributed by atoms with Crippen LogP contribution < -0.4 is 4.90 Å². The van der Waals surface area contributed by atoms with Gasteiger partial charge in [0.05, 0.1) is 11.4 Å². The number of nitrogens with one attached hydrogen (secondary N) is 1. The van der Waals surface area contributed by atoms with Crippen molar-refractivity contribution < 1.29 is 14.7 Å². The SMILES string of the molecule is O=C(O)CCN(C(=O)c1cc(Cl)c(Cl)[nH]1)c1ccccc1. The summed E-state index contributed by atoms with van der Waals surface area (Å²) >= 11 is 11.6. The van der Waals surface area contributed by atoms with Crippen molar-refractivity contribution in [3.05, 3.63) is 52.3 Å². The molecule has 0 aliphatic carbocycles. The lowest BCUT2D eigenvalue weighted by atomic mass is 10.2. The van der Waals surface area contributed by atoms with Crippen LogP contribution in [-0.4, -0.2) is 28.5 Å². The predicted octanol–water partition coefficient (Wildman–Crippen LogP) is 3.44. The highest BCUT2D eigenvalue weighted by Crippen LogP contribution is 2.24. The molecule has 0 atom stereocenters. The molecule has 110 valence electrons. The minimum atomic E-state index is -0.980. The summed E-state index contributed by atoms with van der Waals surface area (Å²) in [6, 6.07) is 10.2. The van der Waals surface area contributed by atoms with Gasteiger partial charge in [-0.15, -0.1) is 0 Å². The van der Waals surface area contributed by atoms with E-state index in [9.17, 15) is 9.59 Å². The van der Waals surface area contributed by atoms with Gasteiger partial charge in [0.15, 0.2) is 0 Å². The Morgan fingerprint density at radius 1 is 1.19 bits per heavy atom. The van der Waals surface area contributed by atoms with Crippen LogP contribution in [0.3, 0.4) is 0 Å². The number of rotatable bonds is 5. The second kappa shape index (κ2) is 6.65. The number of hydrogen-bond donors (Lipinski definition) is 2. The highest BCUT2D eigenvalue weighted by atomic mass is 35.5. The number of aromatic amines is 1. The van der Waals surface area contributed by atoms with Gasteiger partial charge in [0.25, 0.3) is 5.91 Å². The van der Waals surface area contributed by atoms with Gasteiger partial charge in [-0.25, -0.2) is 0 Å². The van der Waals surface area contributed by atoms with E-state index in [0.717, 1.165) is 0 Å². The van der Waals surface area contributed by atoms with E-state index in [0.29, 0.717) is 5.69 Å². The van der Waals surface area contributed by atoms with Crippen molar-refractivity contribution >= 4 is 40.8 Å². The van der Waals surface area contributed by atoms with Crippen molar-refractivity contribution in [1.82, 2.24) is 4.98 Å². The van der Waals surface area contributed by atoms with E-state index in [1.54, 1.807) is 24.3 Å². The van der Waals surface area contributed by atoms with Crippen LogP contribution >= 0.6 is 23.2 Å². The van der Waals surface area contributed by atoms with Gasteiger partial charge >= 0.3 is 5.97 Å². The average Bonchev–Trinajstić information content (AvgIpc) is 2.79. The molecule has 1 aromatic heterocycles. The summed E-state index contributed by atoms with van der Waals surface area (Å²) in [5, 5.41) is 9.24. The fourth-order valence-corrected chi connectivity index (χ4v) is 2.14. The molecule has 2 rings (SSSR count). The first kappa shape index (κ1) is 15.4. The normalized spacial score (nSPS) is 10.4. The zero-order valence-corrected chi connectivity index (χ0v) is 12.4. The maximum atomic E-state index is 12.5. The number of H-pyrrole nitrogens is 1. The van der Waals surface area contributed by atoms with Gasteiger partial charge in [0.2, 0.25) is 0 Å². The zero-order valence-electron chi connectivity index (χ0n) is 10.8. The van der Waals surface area contributed by atoms with Crippen LogP contribution in [-0.2, 0) is 4.79 Å². The van der Waals surface area contributed by atoms with Gasteiger partial charge < -0.3 is 15.0 Å². The van der Waals surface area contributed by atoms with Gasteiger partial charge in [-0.2, -0.15) is 0 Å². The lowest BCUT2D eigenvalue weighted by Crippen LogP contribution is -2.33. The van der Waals surface area contributed by atoms with Crippen LogP contribution in [0, 0.1) is 0 Å². The van der Waals surface area contributed by atoms with Crippen molar-refractivity contribution in [3.63, 3.8) is 0 Å². The number of carboxylic acids is 1. The van der Waals surface area contributed by atoms with E-state index in [2.05, 4.69) is 4.98 Å². The number of carbonyl (C=O) groups excluding carboxylic acids is 1. The number of halogens is 2. The topological polar surface area (TPSA) is 73.4 Å². The molecule has 1 aromatic carbocycles. The lowest BCUT2D eigenvalue weighted by Gasteiger charge is -2.21. The number of carboxylic acid groups (broad SMARTS) is 1. The summed E-state index contributed by atoms with van der Waals surface area (Å²) in [6.45, 7) is 0.0481. The second-order valence-corrected chi connectivity index (χ2v) is 5.07. The van der Waals surface area contributed by atoms with Gasteiger partial charge in [-0.3, -0.25) is 9.59 Å². The number of nitrogens with zero attached hydrogens (tertiary/aromatic N) is 1. The molecule has 1 amide bonds. The summed E-state index contributed by atoms with van der Waals surface area (Å²) in [6.07, 6.45) is -0.164. The van der Waals surface area contributed by atoms with Crippen LogP contribution in [0.4, 0.5) is 5.69 Å². The fraction of sp³-hybridized carbons (Fsp3) is 0.143. The average molecular weight is 327 g/mol. The first-order valence-corrected chi connectivity index (χ1v) is 6.87. The summed E-state index contributed by atoms with van der Waals surface area (Å²) in [5.41, 5.74) is 0.810. The van der Waals surface area contributed by atoms with Crippen LogP contribution in [0.5, 0.6) is 0 Å². The standard InChI is InChI=1S/C14H12Cl2N2O3/c15-10-8-11(17-13(10)16)14(21)18(7-6-12(19)20)9-4-2-1-3-5-9/h1-5,8,17H,6-7H2,(H,19,20). The van der Waals surface area contributed by atoms with Crippen LogP contribution in [0.2, 0.25) is 10.2 Å². The van der Waals surface area contributed by atoms with Crippen molar-refractivity contribution in [2.75, 3.05) is 11.4 Å². The molecule has 0 aliphatic rings. The molecule has 0 saturated carbocycles. The van der Waals surface area contributed by atoms with E-state index in [1.807, 2.05) is 6.07 Å². The number of carbonyl (C=O) groups is 2. The van der Waals surface area contributed by atoms with Gasteiger partial charge in [-0.05, 0) is 18.2 Å². The van der Waals surface area contributed by atoms with Crippen LogP contribution in [0.15, 0.2) is 36.4 Å². The van der Waals surface area contributed by atoms with E-state index in [-0.39, 0.29) is 28.8 Å². The van der Waals surface area contributed by atoms with E-state index in [1.165, 1.54) is 11.0 Å². The zero-order chi connectivity index (χ0) is 15.4. The highest BCUT2D eigenvalue weighted by Gasteiger charge is 2.21. The molecule has 2 N–H and O–H groups in total. The quantitative estimate of drug-likeness (QED) is 0.883. The van der Waals surface area contributed by atoms with Crippen LogP contribution in [0.1, 0.15) is 16.9 Å². The minimum Gasteiger partial charge on any atom is -0.481 e. The van der Waals surface area contributed by atoms with Gasteiger partial charge in [-0.1, -0.05) is 41.4 Å². The maximum absolute atomic E-state index is 12.5. The molecule has 0 fully saturated rings. The Bertz CT molecular complexity index is 636. The Balaban J connectivity index is 2.30. The third kappa shape index (κ3) is 3.77. The van der Waals surface area contributed by atoms with E-state index in [4.69, 9.17) is 28.3 Å². The smallest absolute Gasteiger partial charge is 0.305 e. The summed E-state index contributed by atoms with van der Waals surface area (Å²) in [4.78, 5) is 27.3. The number of para-hydroxylation sites is 1. The number of hydrogen-bond acceptors (Lipinski definition) is 2. The third-order valence-electron chi connectivity index (χ3n) is 2.82. The number of benzene rings is 1. The molecule has 0 unspecified atom stereocenters. The molecular formula is C14H12Cl2N2O3. The minimum absolute atomic E-state index is 0.0481. The van der Waals surface area contributed by atoms with Crippen molar-refractivity contribution in [3.8, 4) is 0 Å². The van der Waals surface area contributed by atoms with E-state index >= 15 is 0 Å². The molecule has 0 bridgehead atoms. The van der Waals surface area contributed by atoms with Crippen molar-refractivity contribution in [1.29, 1.82) is 0 Å². The number of aromatic nitrogens is 1. The first-order valence-electron chi connectivity index (χ1n) is 6.11. The third-order valence-corrected chi connectivity index (χ3v) is 3.51. The van der Waals surface area contributed by atoms with E-state index < -0.39 is 11.9 Å². The molecule has 0 radical (unpaired) electrons. The van der Waals surface area contributed by atoms with Gasteiger partial charge in [0.1, 0.15) is 10.8 Å². The number of amides is 1. The summed E-state index contributed by atoms with van der Waals surface area (Å²) in [5.74, 6) is -1.37. The highest BCUT2D eigenvalue weighted by molar-refractivity contribution is 6.41. The summed E-state index contributed by atoms with van der Waals surface area (Å²) in [7, 11) is 0. The largest absolute Gasteiger partial charge is 0.481 e. The molecule has 0 saturated heterocycles. The molecular weight excluding hydrogens is 315 g/mol. The predicted molar refractivity (Wildman–Crippen MR) is 81.2 cm³/mol. The molecule has 0 spiro atoms. The lowest BCUT2D eigenvalue weighted by molar-refractivity contribution is -0.136.